The third kappa shape index (κ3) is 5.28. The van der Waals surface area contributed by atoms with E-state index in [1.807, 2.05) is 36.9 Å². The standard InChI is InChI=1S/C23H31N3O3S/c1-17-5-9-22(10-6-17)30(28,29)26-13-11-25(12-14-26)16-23(27)24-20(4)21-8-7-18(2)19(3)15-21/h5-10,15,20H,11-14,16H2,1-4H3,(H,24,27). The van der Waals surface area contributed by atoms with Crippen LogP contribution < -0.4 is 5.32 Å². The van der Waals surface area contributed by atoms with Crippen molar-refractivity contribution in [1.29, 1.82) is 0 Å². The smallest absolute Gasteiger partial charge is 0.243 e. The largest absolute Gasteiger partial charge is 0.348 e. The number of benzene rings is 2. The summed E-state index contributed by atoms with van der Waals surface area (Å²) in [6.07, 6.45) is 0. The molecule has 3 rings (SSSR count). The first kappa shape index (κ1) is 22.5. The summed E-state index contributed by atoms with van der Waals surface area (Å²) >= 11 is 0. The Labute approximate surface area is 179 Å². The Balaban J connectivity index is 1.52. The number of hydrogen-bond donors (Lipinski definition) is 1. The predicted octanol–water partition coefficient (Wildman–Crippen LogP) is 2.80. The zero-order valence-electron chi connectivity index (χ0n) is 18.2. The lowest BCUT2D eigenvalue weighted by atomic mass is 10.0. The number of carbonyl (C=O) groups is 1. The Morgan fingerprint density at radius 2 is 1.60 bits per heavy atom. The van der Waals surface area contributed by atoms with Crippen LogP contribution in [-0.4, -0.2) is 56.3 Å². The van der Waals surface area contributed by atoms with Gasteiger partial charge in [-0.2, -0.15) is 4.31 Å². The van der Waals surface area contributed by atoms with Crippen LogP contribution in [0.25, 0.3) is 0 Å². The molecule has 1 fully saturated rings. The molecule has 1 aliphatic heterocycles. The molecule has 0 bridgehead atoms. The van der Waals surface area contributed by atoms with E-state index in [-0.39, 0.29) is 18.5 Å². The van der Waals surface area contributed by atoms with E-state index in [2.05, 4.69) is 31.3 Å². The first-order valence-corrected chi connectivity index (χ1v) is 11.8. The van der Waals surface area contributed by atoms with E-state index in [0.717, 1.165) is 11.1 Å². The van der Waals surface area contributed by atoms with Gasteiger partial charge in [0, 0.05) is 26.2 Å². The fourth-order valence-electron chi connectivity index (χ4n) is 3.59. The molecule has 0 saturated carbocycles. The van der Waals surface area contributed by atoms with Crippen LogP contribution in [0.1, 0.15) is 35.2 Å². The summed E-state index contributed by atoms with van der Waals surface area (Å²) in [5, 5.41) is 3.05. The third-order valence-electron chi connectivity index (χ3n) is 5.77. The number of amides is 1. The molecule has 2 aromatic carbocycles. The van der Waals surface area contributed by atoms with Crippen molar-refractivity contribution < 1.29 is 13.2 Å². The van der Waals surface area contributed by atoms with Gasteiger partial charge in [-0.25, -0.2) is 8.42 Å². The van der Waals surface area contributed by atoms with E-state index >= 15 is 0 Å². The number of carbonyl (C=O) groups excluding carboxylic acids is 1. The van der Waals surface area contributed by atoms with Crippen LogP contribution in [0, 0.1) is 20.8 Å². The Hall–Kier alpha value is -2.22. The number of rotatable bonds is 6. The lowest BCUT2D eigenvalue weighted by Gasteiger charge is -2.33. The highest BCUT2D eigenvalue weighted by Crippen LogP contribution is 2.19. The Kier molecular flexibility index (Phi) is 6.95. The molecule has 0 aliphatic carbocycles. The summed E-state index contributed by atoms with van der Waals surface area (Å²) in [5.41, 5.74) is 4.55. The number of hydrogen-bond acceptors (Lipinski definition) is 4. The molecule has 0 aromatic heterocycles. The zero-order valence-corrected chi connectivity index (χ0v) is 19.0. The number of nitrogens with zero attached hydrogens (tertiary/aromatic N) is 2. The SMILES string of the molecule is Cc1ccc(S(=O)(=O)N2CCN(CC(=O)NC(C)c3ccc(C)c(C)c3)CC2)cc1. The lowest BCUT2D eigenvalue weighted by molar-refractivity contribution is -0.123. The summed E-state index contributed by atoms with van der Waals surface area (Å²) < 4.78 is 27.1. The first-order chi connectivity index (χ1) is 14.2. The van der Waals surface area contributed by atoms with Gasteiger partial charge in [0.15, 0.2) is 0 Å². The fourth-order valence-corrected chi connectivity index (χ4v) is 5.02. The van der Waals surface area contributed by atoms with Crippen LogP contribution in [0.2, 0.25) is 0 Å². The van der Waals surface area contributed by atoms with Gasteiger partial charge in [-0.05, 0) is 56.5 Å². The molecule has 1 atom stereocenters. The van der Waals surface area contributed by atoms with E-state index < -0.39 is 10.0 Å². The average molecular weight is 430 g/mol. The maximum Gasteiger partial charge on any atom is 0.243 e. The van der Waals surface area contributed by atoms with Crippen LogP contribution in [-0.2, 0) is 14.8 Å². The summed E-state index contributed by atoms with van der Waals surface area (Å²) in [6, 6.07) is 13.1. The molecule has 1 unspecified atom stereocenters. The Morgan fingerprint density at radius 1 is 0.967 bits per heavy atom. The van der Waals surface area contributed by atoms with Crippen molar-refractivity contribution in [2.75, 3.05) is 32.7 Å². The van der Waals surface area contributed by atoms with E-state index in [0.29, 0.717) is 31.1 Å². The average Bonchev–Trinajstić information content (AvgIpc) is 2.70. The van der Waals surface area contributed by atoms with Gasteiger partial charge in [0.25, 0.3) is 0 Å². The minimum atomic E-state index is -3.49. The van der Waals surface area contributed by atoms with E-state index in [1.165, 1.54) is 15.4 Å². The molecule has 6 nitrogen and oxygen atoms in total. The molecular formula is C23H31N3O3S. The van der Waals surface area contributed by atoms with Gasteiger partial charge in [0.1, 0.15) is 0 Å². The van der Waals surface area contributed by atoms with Gasteiger partial charge in [0.2, 0.25) is 15.9 Å². The lowest BCUT2D eigenvalue weighted by Crippen LogP contribution is -2.51. The van der Waals surface area contributed by atoms with Crippen molar-refractivity contribution in [2.45, 2.75) is 38.6 Å². The molecule has 1 heterocycles. The Morgan fingerprint density at radius 3 is 2.20 bits per heavy atom. The van der Waals surface area contributed by atoms with Gasteiger partial charge in [-0.15, -0.1) is 0 Å². The van der Waals surface area contributed by atoms with Crippen LogP contribution in [0.15, 0.2) is 47.4 Å². The molecule has 0 radical (unpaired) electrons. The number of piperazine rings is 1. The Bertz CT molecular complexity index is 995. The van der Waals surface area contributed by atoms with Gasteiger partial charge >= 0.3 is 0 Å². The van der Waals surface area contributed by atoms with E-state index in [9.17, 15) is 13.2 Å². The van der Waals surface area contributed by atoms with Crippen molar-refractivity contribution in [2.24, 2.45) is 0 Å². The highest BCUT2D eigenvalue weighted by atomic mass is 32.2. The third-order valence-corrected chi connectivity index (χ3v) is 7.68. The van der Waals surface area contributed by atoms with Gasteiger partial charge in [0.05, 0.1) is 17.5 Å². The van der Waals surface area contributed by atoms with Crippen molar-refractivity contribution >= 4 is 15.9 Å². The van der Waals surface area contributed by atoms with Gasteiger partial charge < -0.3 is 5.32 Å². The second kappa shape index (κ2) is 9.29. The van der Waals surface area contributed by atoms with E-state index in [1.54, 1.807) is 12.1 Å². The van der Waals surface area contributed by atoms with Crippen LogP contribution in [0.5, 0.6) is 0 Å². The van der Waals surface area contributed by atoms with Crippen molar-refractivity contribution in [3.63, 3.8) is 0 Å². The van der Waals surface area contributed by atoms with E-state index in [4.69, 9.17) is 0 Å². The van der Waals surface area contributed by atoms with Gasteiger partial charge in [-0.1, -0.05) is 35.9 Å². The second-order valence-corrected chi connectivity index (χ2v) is 10.1. The van der Waals surface area contributed by atoms with Crippen LogP contribution in [0.4, 0.5) is 0 Å². The molecule has 0 spiro atoms. The molecule has 1 saturated heterocycles. The highest BCUT2D eigenvalue weighted by molar-refractivity contribution is 7.89. The topological polar surface area (TPSA) is 69.7 Å². The maximum atomic E-state index is 12.8. The first-order valence-electron chi connectivity index (χ1n) is 10.3. The minimum absolute atomic E-state index is 0.0458. The maximum absolute atomic E-state index is 12.8. The van der Waals surface area contributed by atoms with Crippen LogP contribution in [0.3, 0.4) is 0 Å². The number of sulfonamides is 1. The highest BCUT2D eigenvalue weighted by Gasteiger charge is 2.29. The number of aryl methyl sites for hydroxylation is 3. The molecular weight excluding hydrogens is 398 g/mol. The second-order valence-electron chi connectivity index (χ2n) is 8.13. The molecule has 7 heteroatoms. The minimum Gasteiger partial charge on any atom is -0.348 e. The molecule has 30 heavy (non-hydrogen) atoms. The van der Waals surface area contributed by atoms with Crippen molar-refractivity contribution in [1.82, 2.24) is 14.5 Å². The van der Waals surface area contributed by atoms with Gasteiger partial charge in [-0.3, -0.25) is 9.69 Å². The monoisotopic (exact) mass is 429 g/mol. The summed E-state index contributed by atoms with van der Waals surface area (Å²) in [4.78, 5) is 14.8. The molecule has 162 valence electrons. The molecule has 1 aliphatic rings. The number of nitrogens with one attached hydrogen (secondary N) is 1. The fraction of sp³-hybridized carbons (Fsp3) is 0.435. The normalized spacial score (nSPS) is 16.9. The molecule has 1 amide bonds. The zero-order chi connectivity index (χ0) is 21.9. The summed E-state index contributed by atoms with van der Waals surface area (Å²) in [7, 11) is -3.49. The van der Waals surface area contributed by atoms with Crippen molar-refractivity contribution in [3.8, 4) is 0 Å². The molecule has 1 N–H and O–H groups in total. The summed E-state index contributed by atoms with van der Waals surface area (Å²) in [6.45, 7) is 10.2. The predicted molar refractivity (Wildman–Crippen MR) is 119 cm³/mol. The quantitative estimate of drug-likeness (QED) is 0.767. The summed E-state index contributed by atoms with van der Waals surface area (Å²) in [5.74, 6) is -0.0458. The van der Waals surface area contributed by atoms with Crippen molar-refractivity contribution in [3.05, 3.63) is 64.7 Å². The molecule has 2 aromatic rings. The van der Waals surface area contributed by atoms with Crippen LogP contribution >= 0.6 is 0 Å².